The molecular formula is C18H19F2N. The zero-order valence-corrected chi connectivity index (χ0v) is 11.9. The van der Waals surface area contributed by atoms with E-state index in [-0.39, 0.29) is 12.0 Å². The maximum absolute atomic E-state index is 13.7. The Morgan fingerprint density at radius 2 is 1.62 bits per heavy atom. The van der Waals surface area contributed by atoms with Crippen molar-refractivity contribution in [2.45, 2.75) is 37.6 Å². The molecule has 0 amide bonds. The summed E-state index contributed by atoms with van der Waals surface area (Å²) in [6, 6.07) is 11.7. The summed E-state index contributed by atoms with van der Waals surface area (Å²) >= 11 is 0. The molecule has 1 atom stereocenters. The van der Waals surface area contributed by atoms with Crippen LogP contribution >= 0.6 is 0 Å². The number of halogens is 2. The second-order valence-electron chi connectivity index (χ2n) is 5.81. The average molecular weight is 287 g/mol. The molecule has 1 aliphatic carbocycles. The van der Waals surface area contributed by atoms with Crippen molar-refractivity contribution >= 4 is 0 Å². The van der Waals surface area contributed by atoms with Crippen LogP contribution in [0.25, 0.3) is 0 Å². The second-order valence-corrected chi connectivity index (χ2v) is 5.81. The summed E-state index contributed by atoms with van der Waals surface area (Å²) in [5, 5.41) is 0. The van der Waals surface area contributed by atoms with Crippen LogP contribution in [0, 0.1) is 11.6 Å². The zero-order valence-electron chi connectivity index (χ0n) is 11.9. The van der Waals surface area contributed by atoms with Gasteiger partial charge in [0.15, 0.2) is 0 Å². The van der Waals surface area contributed by atoms with Gasteiger partial charge in [-0.25, -0.2) is 8.78 Å². The molecule has 21 heavy (non-hydrogen) atoms. The summed E-state index contributed by atoms with van der Waals surface area (Å²) in [7, 11) is 0. The van der Waals surface area contributed by atoms with Crippen molar-refractivity contribution in [2.24, 2.45) is 5.73 Å². The van der Waals surface area contributed by atoms with Crippen LogP contribution in [0.5, 0.6) is 0 Å². The molecule has 1 fully saturated rings. The number of nitrogens with two attached hydrogens (primary N) is 1. The third kappa shape index (κ3) is 2.98. The number of hydrogen-bond donors (Lipinski definition) is 1. The lowest BCUT2D eigenvalue weighted by atomic mass is 9.80. The van der Waals surface area contributed by atoms with Crippen molar-refractivity contribution in [3.8, 4) is 0 Å². The van der Waals surface area contributed by atoms with Gasteiger partial charge < -0.3 is 5.73 Å². The van der Waals surface area contributed by atoms with E-state index in [4.69, 9.17) is 5.73 Å². The van der Waals surface area contributed by atoms with E-state index in [2.05, 4.69) is 12.1 Å². The van der Waals surface area contributed by atoms with Gasteiger partial charge in [-0.15, -0.1) is 0 Å². The van der Waals surface area contributed by atoms with Crippen LogP contribution in [0.2, 0.25) is 0 Å². The Bertz CT molecular complexity index is 597. The molecule has 3 heteroatoms. The van der Waals surface area contributed by atoms with Crippen LogP contribution in [0.4, 0.5) is 8.78 Å². The van der Waals surface area contributed by atoms with Crippen LogP contribution in [0.15, 0.2) is 42.5 Å². The predicted molar refractivity (Wildman–Crippen MR) is 80.0 cm³/mol. The summed E-state index contributed by atoms with van der Waals surface area (Å²) in [5.41, 5.74) is 8.43. The van der Waals surface area contributed by atoms with E-state index in [1.807, 2.05) is 12.1 Å². The van der Waals surface area contributed by atoms with Gasteiger partial charge in [-0.3, -0.25) is 0 Å². The van der Waals surface area contributed by atoms with E-state index in [1.54, 1.807) is 0 Å². The Balaban J connectivity index is 1.74. The van der Waals surface area contributed by atoms with E-state index in [0.29, 0.717) is 5.92 Å². The highest BCUT2D eigenvalue weighted by Gasteiger charge is 2.20. The summed E-state index contributed by atoms with van der Waals surface area (Å²) < 4.78 is 27.3. The number of benzene rings is 2. The topological polar surface area (TPSA) is 26.0 Å². The predicted octanol–water partition coefficient (Wildman–Crippen LogP) is 4.47. The summed E-state index contributed by atoms with van der Waals surface area (Å²) in [5.74, 6) is -0.382. The molecule has 2 aromatic rings. The van der Waals surface area contributed by atoms with Crippen LogP contribution in [0.1, 0.15) is 47.9 Å². The van der Waals surface area contributed by atoms with Gasteiger partial charge in [-0.2, -0.15) is 0 Å². The van der Waals surface area contributed by atoms with Gasteiger partial charge in [0.05, 0.1) is 0 Å². The van der Waals surface area contributed by atoms with Crippen molar-refractivity contribution in [2.75, 3.05) is 0 Å². The molecule has 0 bridgehead atoms. The van der Waals surface area contributed by atoms with Gasteiger partial charge in [0, 0.05) is 11.6 Å². The zero-order chi connectivity index (χ0) is 14.8. The summed E-state index contributed by atoms with van der Waals surface area (Å²) in [6.45, 7) is 0. The fraction of sp³-hybridized carbons (Fsp3) is 0.333. The highest BCUT2D eigenvalue weighted by molar-refractivity contribution is 5.30. The first-order chi connectivity index (χ1) is 10.1. The van der Waals surface area contributed by atoms with Crippen molar-refractivity contribution in [1.82, 2.24) is 0 Å². The smallest absolute Gasteiger partial charge is 0.129 e. The minimum atomic E-state index is -0.531. The van der Waals surface area contributed by atoms with E-state index in [1.165, 1.54) is 43.0 Å². The Kier molecular flexibility index (Phi) is 4.02. The molecule has 1 saturated carbocycles. The standard InChI is InChI=1S/C18H19F2N/c19-16-5-2-6-17(20)15(16)11-18(21)14-9-7-13(8-10-14)12-3-1-4-12/h2,5-10,12,18H,1,3-4,11,21H2. The second kappa shape index (κ2) is 5.94. The lowest BCUT2D eigenvalue weighted by molar-refractivity contribution is 0.419. The minimum Gasteiger partial charge on any atom is -0.324 e. The maximum atomic E-state index is 13.7. The van der Waals surface area contributed by atoms with E-state index in [0.717, 1.165) is 5.56 Å². The number of rotatable bonds is 4. The molecule has 110 valence electrons. The largest absolute Gasteiger partial charge is 0.324 e. The van der Waals surface area contributed by atoms with Crippen LogP contribution in [-0.4, -0.2) is 0 Å². The Morgan fingerprint density at radius 3 is 2.14 bits per heavy atom. The molecule has 0 heterocycles. The molecule has 0 aromatic heterocycles. The van der Waals surface area contributed by atoms with Gasteiger partial charge in [0.25, 0.3) is 0 Å². The van der Waals surface area contributed by atoms with Gasteiger partial charge in [0.2, 0.25) is 0 Å². The molecule has 1 unspecified atom stereocenters. The molecule has 2 aromatic carbocycles. The molecule has 0 aliphatic heterocycles. The molecule has 1 aliphatic rings. The summed E-state index contributed by atoms with van der Waals surface area (Å²) in [4.78, 5) is 0. The van der Waals surface area contributed by atoms with Crippen molar-refractivity contribution < 1.29 is 8.78 Å². The van der Waals surface area contributed by atoms with Crippen molar-refractivity contribution in [3.63, 3.8) is 0 Å². The van der Waals surface area contributed by atoms with Crippen molar-refractivity contribution in [3.05, 3.63) is 70.8 Å². The monoisotopic (exact) mass is 287 g/mol. The minimum absolute atomic E-state index is 0.0630. The van der Waals surface area contributed by atoms with Gasteiger partial charge >= 0.3 is 0 Å². The summed E-state index contributed by atoms with van der Waals surface area (Å²) in [6.07, 6.45) is 3.98. The maximum Gasteiger partial charge on any atom is 0.129 e. The first kappa shape index (κ1) is 14.2. The fourth-order valence-electron chi connectivity index (χ4n) is 2.82. The molecule has 0 radical (unpaired) electrons. The molecule has 0 saturated heterocycles. The molecule has 2 N–H and O–H groups in total. The molecule has 3 rings (SSSR count). The van der Waals surface area contributed by atoms with E-state index in [9.17, 15) is 8.78 Å². The average Bonchev–Trinajstić information content (AvgIpc) is 2.42. The quantitative estimate of drug-likeness (QED) is 0.882. The molecule has 1 nitrogen and oxygen atoms in total. The van der Waals surface area contributed by atoms with Crippen LogP contribution in [-0.2, 0) is 6.42 Å². The highest BCUT2D eigenvalue weighted by Crippen LogP contribution is 2.36. The van der Waals surface area contributed by atoms with E-state index >= 15 is 0 Å². The molecular weight excluding hydrogens is 268 g/mol. The normalized spacial score (nSPS) is 16.5. The highest BCUT2D eigenvalue weighted by atomic mass is 19.1. The Morgan fingerprint density at radius 1 is 1.00 bits per heavy atom. The number of hydrogen-bond acceptors (Lipinski definition) is 1. The van der Waals surface area contributed by atoms with Gasteiger partial charge in [-0.05, 0) is 48.4 Å². The van der Waals surface area contributed by atoms with Gasteiger partial charge in [-0.1, -0.05) is 36.8 Å². The van der Waals surface area contributed by atoms with Crippen LogP contribution in [0.3, 0.4) is 0 Å². The van der Waals surface area contributed by atoms with Gasteiger partial charge in [0.1, 0.15) is 11.6 Å². The Hall–Kier alpha value is -1.74. The lowest BCUT2D eigenvalue weighted by Crippen LogP contribution is -2.15. The third-order valence-electron chi connectivity index (χ3n) is 4.43. The first-order valence-electron chi connectivity index (χ1n) is 7.43. The Labute approximate surface area is 123 Å². The fourth-order valence-corrected chi connectivity index (χ4v) is 2.82. The van der Waals surface area contributed by atoms with Crippen molar-refractivity contribution in [1.29, 1.82) is 0 Å². The third-order valence-corrected chi connectivity index (χ3v) is 4.43. The molecule has 0 spiro atoms. The SMILES string of the molecule is NC(Cc1c(F)cccc1F)c1ccc(C2CCC2)cc1. The first-order valence-corrected chi connectivity index (χ1v) is 7.43. The lowest BCUT2D eigenvalue weighted by Gasteiger charge is -2.26. The van der Waals surface area contributed by atoms with Crippen LogP contribution < -0.4 is 5.73 Å². The van der Waals surface area contributed by atoms with E-state index < -0.39 is 17.7 Å².